The van der Waals surface area contributed by atoms with Gasteiger partial charge >= 0.3 is 5.24 Å². The first kappa shape index (κ1) is 22.3. The van der Waals surface area contributed by atoms with Gasteiger partial charge in [-0.05, 0) is 24.6 Å². The number of rotatable bonds is 6. The number of carbonyl (C=O) groups is 4. The van der Waals surface area contributed by atoms with Crippen LogP contribution in [0, 0.1) is 5.92 Å². The summed E-state index contributed by atoms with van der Waals surface area (Å²) in [5.41, 5.74) is 3.26. The third-order valence-electron chi connectivity index (χ3n) is 4.79. The van der Waals surface area contributed by atoms with E-state index in [2.05, 4.69) is 21.0 Å². The van der Waals surface area contributed by atoms with Crippen molar-refractivity contribution in [2.75, 3.05) is 33.0 Å². The standard InChI is InChI=1S/C19H23N5O6S/c1-30-15-5-3-4-13-12(15)8-14(22-13)18(27)21-9-16(25)23-24(19(28)31(2)29)10-11-6-7-20-17(11)26/h3-5,8,11,22H,6-7,9-10H2,1-2H3,(H,20,26)(H,21,27)(H,23,25)/t11-,31?/m0/s1. The summed E-state index contributed by atoms with van der Waals surface area (Å²) in [6.07, 6.45) is 1.68. The summed E-state index contributed by atoms with van der Waals surface area (Å²) in [6, 6.07) is 6.94. The second-order valence-electron chi connectivity index (χ2n) is 6.93. The minimum absolute atomic E-state index is 0.105. The molecule has 2 atom stereocenters. The van der Waals surface area contributed by atoms with Crippen molar-refractivity contribution in [2.45, 2.75) is 6.42 Å². The van der Waals surface area contributed by atoms with Gasteiger partial charge < -0.3 is 20.4 Å². The Balaban J connectivity index is 1.61. The SMILES string of the molecule is COc1cccc2[nH]c(C(=O)NCC(=O)NN(C[C@@H]3CCNC3=O)C(=O)S(C)=O)cc12. The lowest BCUT2D eigenvalue weighted by Crippen LogP contribution is -2.52. The van der Waals surface area contributed by atoms with Crippen LogP contribution in [0.4, 0.5) is 4.79 Å². The minimum atomic E-state index is -1.89. The van der Waals surface area contributed by atoms with Crippen molar-refractivity contribution in [3.05, 3.63) is 30.0 Å². The molecule has 11 nitrogen and oxygen atoms in total. The second-order valence-corrected chi connectivity index (χ2v) is 8.19. The van der Waals surface area contributed by atoms with E-state index < -0.39 is 40.3 Å². The highest BCUT2D eigenvalue weighted by Crippen LogP contribution is 2.25. The fourth-order valence-corrected chi connectivity index (χ4v) is 3.66. The van der Waals surface area contributed by atoms with E-state index in [-0.39, 0.29) is 18.1 Å². The monoisotopic (exact) mass is 449 g/mol. The normalized spacial score (nSPS) is 16.5. The number of aromatic nitrogens is 1. The Labute approximate surface area is 180 Å². The van der Waals surface area contributed by atoms with Gasteiger partial charge in [0.25, 0.3) is 11.8 Å². The maximum atomic E-state index is 12.4. The zero-order chi connectivity index (χ0) is 22.5. The van der Waals surface area contributed by atoms with Crippen molar-refractivity contribution in [3.8, 4) is 5.75 Å². The number of aromatic amines is 1. The van der Waals surface area contributed by atoms with Crippen molar-refractivity contribution in [1.82, 2.24) is 26.1 Å². The number of hydrogen-bond donors (Lipinski definition) is 4. The van der Waals surface area contributed by atoms with Crippen LogP contribution in [0.25, 0.3) is 10.9 Å². The molecule has 31 heavy (non-hydrogen) atoms. The van der Waals surface area contributed by atoms with Crippen LogP contribution in [-0.4, -0.2) is 70.2 Å². The Hall–Kier alpha value is -3.41. The molecule has 0 bridgehead atoms. The molecular formula is C19H23N5O6S. The molecule has 1 aromatic carbocycles. The van der Waals surface area contributed by atoms with Crippen molar-refractivity contribution < 1.29 is 28.1 Å². The average molecular weight is 449 g/mol. The van der Waals surface area contributed by atoms with Gasteiger partial charge in [0.05, 0.1) is 26.1 Å². The quantitative estimate of drug-likeness (QED) is 0.452. The number of carbonyl (C=O) groups excluding carboxylic acids is 4. The molecule has 0 spiro atoms. The number of methoxy groups -OCH3 is 1. The van der Waals surface area contributed by atoms with Crippen molar-refractivity contribution >= 4 is 44.7 Å². The molecule has 2 aromatic rings. The van der Waals surface area contributed by atoms with Crippen LogP contribution in [0.3, 0.4) is 0 Å². The first-order valence-corrected chi connectivity index (χ1v) is 11.0. The van der Waals surface area contributed by atoms with E-state index in [1.807, 2.05) is 0 Å². The lowest BCUT2D eigenvalue weighted by Gasteiger charge is -2.24. The van der Waals surface area contributed by atoms with Gasteiger partial charge in [-0.15, -0.1) is 0 Å². The van der Waals surface area contributed by atoms with Crippen LogP contribution in [-0.2, 0) is 20.4 Å². The van der Waals surface area contributed by atoms with Crippen molar-refractivity contribution in [1.29, 1.82) is 0 Å². The Morgan fingerprint density at radius 2 is 2.10 bits per heavy atom. The molecule has 4 amide bonds. The summed E-state index contributed by atoms with van der Waals surface area (Å²) in [4.78, 5) is 51.6. The summed E-state index contributed by atoms with van der Waals surface area (Å²) in [5, 5.41) is 5.85. The van der Waals surface area contributed by atoms with E-state index >= 15 is 0 Å². The van der Waals surface area contributed by atoms with E-state index in [0.29, 0.717) is 24.2 Å². The molecule has 4 N–H and O–H groups in total. The molecule has 166 valence electrons. The molecular weight excluding hydrogens is 426 g/mol. The third-order valence-corrected chi connectivity index (χ3v) is 5.50. The van der Waals surface area contributed by atoms with Gasteiger partial charge in [-0.1, -0.05) is 6.07 Å². The topological polar surface area (TPSA) is 150 Å². The van der Waals surface area contributed by atoms with Gasteiger partial charge in [-0.3, -0.25) is 24.6 Å². The van der Waals surface area contributed by atoms with E-state index in [4.69, 9.17) is 4.74 Å². The summed E-state index contributed by atoms with van der Waals surface area (Å²) < 4.78 is 16.9. The third kappa shape index (κ3) is 5.20. The van der Waals surface area contributed by atoms with Gasteiger partial charge in [0.15, 0.2) is 0 Å². The van der Waals surface area contributed by atoms with Crippen LogP contribution < -0.4 is 20.8 Å². The Morgan fingerprint density at radius 3 is 2.74 bits per heavy atom. The summed E-state index contributed by atoms with van der Waals surface area (Å²) in [5.74, 6) is -1.37. The zero-order valence-corrected chi connectivity index (χ0v) is 17.8. The molecule has 2 heterocycles. The van der Waals surface area contributed by atoms with Crippen molar-refractivity contribution in [2.24, 2.45) is 5.92 Å². The predicted molar refractivity (Wildman–Crippen MR) is 113 cm³/mol. The van der Waals surface area contributed by atoms with Crippen LogP contribution in [0.15, 0.2) is 24.3 Å². The summed E-state index contributed by atoms with van der Waals surface area (Å²) >= 11 is 0. The lowest BCUT2D eigenvalue weighted by atomic mass is 10.1. The van der Waals surface area contributed by atoms with Gasteiger partial charge in [-0.2, -0.15) is 0 Å². The summed E-state index contributed by atoms with van der Waals surface area (Å²) in [7, 11) is -0.361. The molecule has 1 aliphatic rings. The number of H-pyrrole nitrogens is 1. The van der Waals surface area contributed by atoms with E-state index in [1.165, 1.54) is 13.4 Å². The zero-order valence-electron chi connectivity index (χ0n) is 17.0. The van der Waals surface area contributed by atoms with Crippen LogP contribution in [0.1, 0.15) is 16.9 Å². The summed E-state index contributed by atoms with van der Waals surface area (Å²) in [6.45, 7) is -0.0614. The molecule has 0 radical (unpaired) electrons. The number of nitrogens with one attached hydrogen (secondary N) is 4. The molecule has 1 unspecified atom stereocenters. The number of amides is 4. The highest BCUT2D eigenvalue weighted by atomic mass is 32.2. The highest BCUT2D eigenvalue weighted by molar-refractivity contribution is 7.99. The highest BCUT2D eigenvalue weighted by Gasteiger charge is 2.30. The Kier molecular flexibility index (Phi) is 6.90. The Bertz CT molecular complexity index is 1050. The minimum Gasteiger partial charge on any atom is -0.496 e. The maximum absolute atomic E-state index is 12.4. The van der Waals surface area contributed by atoms with E-state index in [0.717, 1.165) is 10.4 Å². The number of hydrazine groups is 1. The van der Waals surface area contributed by atoms with Gasteiger partial charge in [0.2, 0.25) is 5.91 Å². The van der Waals surface area contributed by atoms with Crippen molar-refractivity contribution in [3.63, 3.8) is 0 Å². The fourth-order valence-electron chi connectivity index (χ4n) is 3.23. The maximum Gasteiger partial charge on any atom is 0.330 e. The molecule has 1 saturated heterocycles. The van der Waals surface area contributed by atoms with Gasteiger partial charge in [-0.25, -0.2) is 9.22 Å². The first-order chi connectivity index (χ1) is 14.8. The van der Waals surface area contributed by atoms with Crippen LogP contribution >= 0.6 is 0 Å². The number of benzene rings is 1. The van der Waals surface area contributed by atoms with E-state index in [9.17, 15) is 23.4 Å². The largest absolute Gasteiger partial charge is 0.496 e. The molecule has 1 aliphatic heterocycles. The van der Waals surface area contributed by atoms with Gasteiger partial charge in [0, 0.05) is 23.7 Å². The number of ether oxygens (including phenoxy) is 1. The molecule has 1 fully saturated rings. The Morgan fingerprint density at radius 1 is 1.32 bits per heavy atom. The predicted octanol–water partition coefficient (Wildman–Crippen LogP) is -0.126. The number of hydrogen-bond acceptors (Lipinski definition) is 6. The van der Waals surface area contributed by atoms with E-state index in [1.54, 1.807) is 24.3 Å². The molecule has 0 saturated carbocycles. The number of nitrogens with zero attached hydrogens (tertiary/aromatic N) is 1. The smallest absolute Gasteiger partial charge is 0.330 e. The van der Waals surface area contributed by atoms with Gasteiger partial charge in [0.1, 0.15) is 22.2 Å². The first-order valence-electron chi connectivity index (χ1n) is 9.46. The molecule has 12 heteroatoms. The van der Waals surface area contributed by atoms with Crippen LogP contribution in [0.5, 0.6) is 5.75 Å². The average Bonchev–Trinajstić information content (AvgIpc) is 3.36. The lowest BCUT2D eigenvalue weighted by molar-refractivity contribution is -0.126. The molecule has 3 rings (SSSR count). The molecule has 1 aromatic heterocycles. The fraction of sp³-hybridized carbons (Fsp3) is 0.368. The number of fused-ring (bicyclic) bond motifs is 1. The second kappa shape index (κ2) is 9.60. The van der Waals surface area contributed by atoms with Crippen LogP contribution in [0.2, 0.25) is 0 Å². The molecule has 0 aliphatic carbocycles.